The number of halogens is 1. The minimum absolute atomic E-state index is 1.05. The third kappa shape index (κ3) is 0.966. The third-order valence-corrected chi connectivity index (χ3v) is 2.75. The fourth-order valence-electron chi connectivity index (χ4n) is 1.35. The first-order valence-electron chi connectivity index (χ1n) is 3.76. The van der Waals surface area contributed by atoms with Gasteiger partial charge in [0.25, 0.3) is 0 Å². The predicted octanol–water partition coefficient (Wildman–Crippen LogP) is 2.64. The molecule has 0 saturated heterocycles. The molecule has 62 valence electrons. The summed E-state index contributed by atoms with van der Waals surface area (Å²) in [6, 6.07) is 4.04. The van der Waals surface area contributed by atoms with Crippen LogP contribution >= 0.6 is 15.9 Å². The van der Waals surface area contributed by atoms with Gasteiger partial charge in [0, 0.05) is 23.4 Å². The quantitative estimate of drug-likeness (QED) is 0.673. The number of pyridine rings is 1. The van der Waals surface area contributed by atoms with Crippen LogP contribution in [0.5, 0.6) is 0 Å². The lowest BCUT2D eigenvalue weighted by atomic mass is 10.4. The van der Waals surface area contributed by atoms with Gasteiger partial charge in [-0.15, -0.1) is 0 Å². The summed E-state index contributed by atoms with van der Waals surface area (Å²) in [6.07, 6.45) is 1.81. The van der Waals surface area contributed by atoms with Crippen molar-refractivity contribution in [2.45, 2.75) is 6.92 Å². The number of rotatable bonds is 0. The van der Waals surface area contributed by atoms with Gasteiger partial charge in [0.1, 0.15) is 0 Å². The lowest BCUT2D eigenvalue weighted by Gasteiger charge is -1.99. The van der Waals surface area contributed by atoms with E-state index in [9.17, 15) is 0 Å². The Labute approximate surface area is 79.3 Å². The summed E-state index contributed by atoms with van der Waals surface area (Å²) < 4.78 is 3.23. The van der Waals surface area contributed by atoms with Crippen LogP contribution in [0.4, 0.5) is 0 Å². The van der Waals surface area contributed by atoms with Crippen LogP contribution in [0.25, 0.3) is 11.0 Å². The highest BCUT2D eigenvalue weighted by Crippen LogP contribution is 2.23. The monoisotopic (exact) mass is 224 g/mol. The zero-order valence-electron chi connectivity index (χ0n) is 7.00. The summed E-state index contributed by atoms with van der Waals surface area (Å²) in [5.74, 6) is 0. The molecule has 0 atom stereocenters. The molecule has 0 N–H and O–H groups in total. The van der Waals surface area contributed by atoms with Crippen molar-refractivity contribution in [3.05, 3.63) is 28.5 Å². The molecule has 0 unspecified atom stereocenters. The van der Waals surface area contributed by atoms with Gasteiger partial charge in [0.05, 0.1) is 11.0 Å². The number of aromatic nitrogens is 2. The molecule has 0 aliphatic carbocycles. The maximum absolute atomic E-state index is 4.27. The van der Waals surface area contributed by atoms with Crippen LogP contribution in [0.15, 0.2) is 22.8 Å². The first-order chi connectivity index (χ1) is 5.70. The standard InChI is InChI=1S/C9H9BrN2/c1-6-5-8-9(12(6)2)7(10)3-4-11-8/h3-5H,1-2H3. The predicted molar refractivity (Wildman–Crippen MR) is 53.2 cm³/mol. The largest absolute Gasteiger partial charge is 0.346 e. The summed E-state index contributed by atoms with van der Waals surface area (Å²) in [5, 5.41) is 0. The molecule has 0 aliphatic heterocycles. The molecular weight excluding hydrogens is 216 g/mol. The molecule has 0 radical (unpaired) electrons. The highest BCUT2D eigenvalue weighted by Gasteiger charge is 2.05. The Kier molecular flexibility index (Phi) is 1.68. The van der Waals surface area contributed by atoms with Crippen LogP contribution in [0, 0.1) is 6.92 Å². The number of hydrogen-bond donors (Lipinski definition) is 0. The van der Waals surface area contributed by atoms with Crippen LogP contribution in [-0.4, -0.2) is 9.55 Å². The molecule has 2 rings (SSSR count). The smallest absolute Gasteiger partial charge is 0.0895 e. The Balaban J connectivity index is 2.97. The van der Waals surface area contributed by atoms with E-state index in [1.165, 1.54) is 5.69 Å². The number of fused-ring (bicyclic) bond motifs is 1. The van der Waals surface area contributed by atoms with Gasteiger partial charge in [0.2, 0.25) is 0 Å². The maximum atomic E-state index is 4.27. The van der Waals surface area contributed by atoms with E-state index in [0.29, 0.717) is 0 Å². The molecule has 12 heavy (non-hydrogen) atoms. The van der Waals surface area contributed by atoms with Gasteiger partial charge < -0.3 is 4.57 Å². The summed E-state index contributed by atoms with van der Waals surface area (Å²) in [7, 11) is 2.05. The second-order valence-electron chi connectivity index (χ2n) is 2.87. The van der Waals surface area contributed by atoms with E-state index >= 15 is 0 Å². The minimum Gasteiger partial charge on any atom is -0.346 e. The molecule has 0 spiro atoms. The van der Waals surface area contributed by atoms with E-state index in [0.717, 1.165) is 15.5 Å². The molecule has 0 fully saturated rings. The van der Waals surface area contributed by atoms with Crippen LogP contribution in [-0.2, 0) is 7.05 Å². The third-order valence-electron chi connectivity index (χ3n) is 2.11. The lowest BCUT2D eigenvalue weighted by molar-refractivity contribution is 0.915. The lowest BCUT2D eigenvalue weighted by Crippen LogP contribution is -1.90. The van der Waals surface area contributed by atoms with Crippen molar-refractivity contribution in [2.24, 2.45) is 7.05 Å². The van der Waals surface area contributed by atoms with Gasteiger partial charge in [-0.3, -0.25) is 4.98 Å². The van der Waals surface area contributed by atoms with E-state index in [1.54, 1.807) is 0 Å². The molecule has 0 aromatic carbocycles. The van der Waals surface area contributed by atoms with Crippen LogP contribution < -0.4 is 0 Å². The van der Waals surface area contributed by atoms with Gasteiger partial charge in [-0.25, -0.2) is 0 Å². The zero-order valence-corrected chi connectivity index (χ0v) is 8.59. The minimum atomic E-state index is 1.05. The average molecular weight is 225 g/mol. The van der Waals surface area contributed by atoms with Crippen molar-refractivity contribution < 1.29 is 0 Å². The van der Waals surface area contributed by atoms with Gasteiger partial charge >= 0.3 is 0 Å². The number of aryl methyl sites for hydroxylation is 2. The van der Waals surface area contributed by atoms with Gasteiger partial charge in [-0.2, -0.15) is 0 Å². The first kappa shape index (κ1) is 7.80. The molecule has 0 bridgehead atoms. The number of nitrogens with zero attached hydrogens (tertiary/aromatic N) is 2. The Morgan fingerprint density at radius 3 is 2.92 bits per heavy atom. The Bertz CT molecular complexity index is 431. The van der Waals surface area contributed by atoms with Crippen LogP contribution in [0.1, 0.15) is 5.69 Å². The van der Waals surface area contributed by atoms with Crippen LogP contribution in [0.2, 0.25) is 0 Å². The second-order valence-corrected chi connectivity index (χ2v) is 3.73. The molecule has 0 amide bonds. The van der Waals surface area contributed by atoms with E-state index in [4.69, 9.17) is 0 Å². The van der Waals surface area contributed by atoms with E-state index < -0.39 is 0 Å². The topological polar surface area (TPSA) is 17.8 Å². The Morgan fingerprint density at radius 2 is 2.25 bits per heavy atom. The maximum Gasteiger partial charge on any atom is 0.0895 e. The van der Waals surface area contributed by atoms with E-state index in [-0.39, 0.29) is 0 Å². The normalized spacial score (nSPS) is 10.9. The van der Waals surface area contributed by atoms with E-state index in [2.05, 4.69) is 38.5 Å². The van der Waals surface area contributed by atoms with E-state index in [1.807, 2.05) is 19.3 Å². The second kappa shape index (κ2) is 2.59. The van der Waals surface area contributed by atoms with Gasteiger partial charge in [-0.1, -0.05) is 0 Å². The van der Waals surface area contributed by atoms with Crippen molar-refractivity contribution in [3.8, 4) is 0 Å². The van der Waals surface area contributed by atoms with Gasteiger partial charge in [-0.05, 0) is 35.0 Å². The Hall–Kier alpha value is -0.830. The SMILES string of the molecule is Cc1cc2nccc(Br)c2n1C. The molecule has 3 heteroatoms. The molecule has 2 nitrogen and oxygen atoms in total. The van der Waals surface area contributed by atoms with Crippen molar-refractivity contribution >= 4 is 27.0 Å². The fourth-order valence-corrected chi connectivity index (χ4v) is 1.94. The summed E-state index contributed by atoms with van der Waals surface area (Å²) in [6.45, 7) is 2.08. The first-order valence-corrected chi connectivity index (χ1v) is 4.56. The van der Waals surface area contributed by atoms with Crippen molar-refractivity contribution in [1.29, 1.82) is 0 Å². The Morgan fingerprint density at radius 1 is 1.50 bits per heavy atom. The highest BCUT2D eigenvalue weighted by molar-refractivity contribution is 9.10. The summed E-state index contributed by atoms with van der Waals surface area (Å²) in [5.41, 5.74) is 3.43. The van der Waals surface area contributed by atoms with Crippen LogP contribution in [0.3, 0.4) is 0 Å². The zero-order chi connectivity index (χ0) is 8.72. The average Bonchev–Trinajstić information content (AvgIpc) is 2.29. The van der Waals surface area contributed by atoms with Crippen molar-refractivity contribution in [1.82, 2.24) is 9.55 Å². The molecule has 2 aromatic rings. The molecule has 2 heterocycles. The van der Waals surface area contributed by atoms with Crippen molar-refractivity contribution in [3.63, 3.8) is 0 Å². The summed E-state index contributed by atoms with van der Waals surface area (Å²) in [4.78, 5) is 4.27. The molecule has 0 aliphatic rings. The van der Waals surface area contributed by atoms with Crippen molar-refractivity contribution in [2.75, 3.05) is 0 Å². The van der Waals surface area contributed by atoms with Gasteiger partial charge in [0.15, 0.2) is 0 Å². The fraction of sp³-hybridized carbons (Fsp3) is 0.222. The molecule has 2 aromatic heterocycles. The number of hydrogen-bond acceptors (Lipinski definition) is 1. The summed E-state index contributed by atoms with van der Waals surface area (Å²) >= 11 is 3.50. The molecule has 0 saturated carbocycles. The highest BCUT2D eigenvalue weighted by atomic mass is 79.9. The molecular formula is C9H9BrN2.